The largest absolute Gasteiger partial charge is 0.481 e. The summed E-state index contributed by atoms with van der Waals surface area (Å²) in [5.74, 6) is 0.0119. The van der Waals surface area contributed by atoms with E-state index >= 15 is 0 Å². The molecule has 0 radical (unpaired) electrons. The van der Waals surface area contributed by atoms with Gasteiger partial charge >= 0.3 is 0 Å². The Hall–Kier alpha value is -2.16. The Kier molecular flexibility index (Phi) is 2.85. The van der Waals surface area contributed by atoms with Gasteiger partial charge in [0.2, 0.25) is 5.78 Å². The number of hydrogen-bond donors (Lipinski definition) is 0. The molecule has 3 rings (SSSR count). The maximum absolute atomic E-state index is 12.5. The summed E-state index contributed by atoms with van der Waals surface area (Å²) in [5.41, 5.74) is 3.72. The molecule has 3 nitrogen and oxygen atoms in total. The molecule has 0 saturated heterocycles. The first kappa shape index (κ1) is 12.9. The maximum Gasteiger partial charge on any atom is 0.228 e. The number of benzene rings is 1. The fourth-order valence-electron chi connectivity index (χ4n) is 2.65. The molecule has 1 aromatic rings. The highest BCUT2D eigenvalue weighted by molar-refractivity contribution is 6.26. The van der Waals surface area contributed by atoms with Gasteiger partial charge in [0.05, 0.1) is 5.57 Å². The molecule has 0 saturated carbocycles. The van der Waals surface area contributed by atoms with Gasteiger partial charge in [0.25, 0.3) is 0 Å². The molecule has 1 atom stereocenters. The van der Waals surface area contributed by atoms with Crippen molar-refractivity contribution in [1.82, 2.24) is 0 Å². The van der Waals surface area contributed by atoms with Crippen molar-refractivity contribution in [3.05, 3.63) is 57.9 Å². The molecular formula is C17H16O3. The fraction of sp³-hybridized carbons (Fsp3) is 0.294. The zero-order valence-corrected chi connectivity index (χ0v) is 11.8. The van der Waals surface area contributed by atoms with Gasteiger partial charge in [0, 0.05) is 17.5 Å². The summed E-state index contributed by atoms with van der Waals surface area (Å²) in [6, 6.07) is 6.94. The lowest BCUT2D eigenvalue weighted by atomic mass is 9.87. The predicted octanol–water partition coefficient (Wildman–Crippen LogP) is 3.46. The third kappa shape index (κ3) is 1.73. The molecule has 1 heterocycles. The second-order valence-corrected chi connectivity index (χ2v) is 5.51. The Balaban J connectivity index is 2.03. The highest BCUT2D eigenvalue weighted by Crippen LogP contribution is 2.38. The number of ketones is 2. The van der Waals surface area contributed by atoms with Gasteiger partial charge in [-0.05, 0) is 26.3 Å². The normalized spacial score (nSPS) is 20.4. The van der Waals surface area contributed by atoms with Crippen molar-refractivity contribution in [1.29, 1.82) is 0 Å². The molecular weight excluding hydrogens is 252 g/mol. The van der Waals surface area contributed by atoms with E-state index in [1.54, 1.807) is 24.3 Å². The summed E-state index contributed by atoms with van der Waals surface area (Å²) in [6.07, 6.45) is 0.304. The minimum Gasteiger partial charge on any atom is -0.481 e. The lowest BCUT2D eigenvalue weighted by Crippen LogP contribution is -2.19. The van der Waals surface area contributed by atoms with Crippen LogP contribution in [0.3, 0.4) is 0 Å². The minimum absolute atomic E-state index is 0.0701. The third-order valence-electron chi connectivity index (χ3n) is 4.09. The van der Waals surface area contributed by atoms with Crippen molar-refractivity contribution in [2.45, 2.75) is 33.3 Å². The molecule has 1 aliphatic heterocycles. The van der Waals surface area contributed by atoms with Crippen LogP contribution in [0, 0.1) is 0 Å². The van der Waals surface area contributed by atoms with Crippen LogP contribution in [-0.2, 0) is 4.74 Å². The van der Waals surface area contributed by atoms with E-state index in [0.29, 0.717) is 23.1 Å². The summed E-state index contributed by atoms with van der Waals surface area (Å²) in [6.45, 7) is 6.00. The first-order valence-electron chi connectivity index (χ1n) is 6.73. The van der Waals surface area contributed by atoms with E-state index in [0.717, 1.165) is 11.1 Å². The Labute approximate surface area is 117 Å². The summed E-state index contributed by atoms with van der Waals surface area (Å²) >= 11 is 0. The summed E-state index contributed by atoms with van der Waals surface area (Å²) in [4.78, 5) is 24.9. The maximum atomic E-state index is 12.5. The predicted molar refractivity (Wildman–Crippen MR) is 75.7 cm³/mol. The van der Waals surface area contributed by atoms with Crippen LogP contribution in [0.1, 0.15) is 47.9 Å². The van der Waals surface area contributed by atoms with Crippen LogP contribution in [0.2, 0.25) is 0 Å². The number of ether oxygens (including phenoxy) is 1. The van der Waals surface area contributed by atoms with Crippen molar-refractivity contribution in [3.8, 4) is 0 Å². The number of rotatable bonds is 1. The SMILES string of the molecule is CC(C)=C(C)C1CC2=C(O1)C(=O)c1ccccc1C2=O. The van der Waals surface area contributed by atoms with Gasteiger partial charge in [0.1, 0.15) is 6.10 Å². The van der Waals surface area contributed by atoms with E-state index in [2.05, 4.69) is 0 Å². The molecule has 2 aliphatic rings. The standard InChI is InChI=1S/C17H16O3/c1-9(2)10(3)14-8-13-15(18)11-6-4-5-7-12(11)16(19)17(13)20-14/h4-7,14H,8H2,1-3H3. The second-order valence-electron chi connectivity index (χ2n) is 5.51. The van der Waals surface area contributed by atoms with Crippen molar-refractivity contribution in [2.75, 3.05) is 0 Å². The van der Waals surface area contributed by atoms with Crippen LogP contribution >= 0.6 is 0 Å². The Bertz CT molecular complexity index is 641. The number of carbonyl (C=O) groups excluding carboxylic acids is 2. The number of hydrogen-bond acceptors (Lipinski definition) is 3. The molecule has 3 heteroatoms. The van der Waals surface area contributed by atoms with Crippen LogP contribution in [0.5, 0.6) is 0 Å². The average molecular weight is 268 g/mol. The minimum atomic E-state index is -0.188. The van der Waals surface area contributed by atoms with E-state index < -0.39 is 0 Å². The Morgan fingerprint density at radius 3 is 2.25 bits per heavy atom. The number of Topliss-reactive ketones (excluding diaryl/α,β-unsaturated/α-hetero) is 2. The molecule has 1 aromatic carbocycles. The van der Waals surface area contributed by atoms with Crippen LogP contribution in [0.4, 0.5) is 0 Å². The molecule has 0 aromatic heterocycles. The molecule has 0 bridgehead atoms. The van der Waals surface area contributed by atoms with E-state index in [1.165, 1.54) is 0 Å². The second kappa shape index (κ2) is 4.44. The number of carbonyl (C=O) groups is 2. The molecule has 1 aliphatic carbocycles. The lowest BCUT2D eigenvalue weighted by molar-refractivity contribution is 0.0875. The summed E-state index contributed by atoms with van der Waals surface area (Å²) < 4.78 is 5.78. The van der Waals surface area contributed by atoms with Gasteiger partial charge in [-0.25, -0.2) is 0 Å². The van der Waals surface area contributed by atoms with E-state index in [-0.39, 0.29) is 23.4 Å². The first-order chi connectivity index (χ1) is 9.50. The zero-order chi connectivity index (χ0) is 14.4. The van der Waals surface area contributed by atoms with Crippen LogP contribution in [0.15, 0.2) is 46.7 Å². The number of allylic oxidation sites excluding steroid dienone is 2. The van der Waals surface area contributed by atoms with E-state index in [1.807, 2.05) is 20.8 Å². The molecule has 1 unspecified atom stereocenters. The van der Waals surface area contributed by atoms with Crippen LogP contribution in [0.25, 0.3) is 0 Å². The van der Waals surface area contributed by atoms with Crippen molar-refractivity contribution >= 4 is 11.6 Å². The van der Waals surface area contributed by atoms with E-state index in [9.17, 15) is 9.59 Å². The van der Waals surface area contributed by atoms with Crippen LogP contribution in [-0.4, -0.2) is 17.7 Å². The van der Waals surface area contributed by atoms with Crippen LogP contribution < -0.4 is 0 Å². The van der Waals surface area contributed by atoms with E-state index in [4.69, 9.17) is 4.74 Å². The molecule has 0 fully saturated rings. The first-order valence-corrected chi connectivity index (χ1v) is 6.73. The van der Waals surface area contributed by atoms with Crippen molar-refractivity contribution < 1.29 is 14.3 Å². The molecule has 0 N–H and O–H groups in total. The monoisotopic (exact) mass is 268 g/mol. The topological polar surface area (TPSA) is 43.4 Å². The molecule has 102 valence electrons. The average Bonchev–Trinajstić information content (AvgIpc) is 2.89. The van der Waals surface area contributed by atoms with Gasteiger partial charge in [-0.3, -0.25) is 9.59 Å². The highest BCUT2D eigenvalue weighted by atomic mass is 16.5. The molecule has 20 heavy (non-hydrogen) atoms. The van der Waals surface area contributed by atoms with Crippen molar-refractivity contribution in [3.63, 3.8) is 0 Å². The molecule has 0 spiro atoms. The zero-order valence-electron chi connectivity index (χ0n) is 11.8. The van der Waals surface area contributed by atoms with Gasteiger partial charge in [-0.2, -0.15) is 0 Å². The number of fused-ring (bicyclic) bond motifs is 1. The Morgan fingerprint density at radius 2 is 1.65 bits per heavy atom. The van der Waals surface area contributed by atoms with Gasteiger partial charge in [-0.1, -0.05) is 29.8 Å². The van der Waals surface area contributed by atoms with Crippen molar-refractivity contribution in [2.24, 2.45) is 0 Å². The van der Waals surface area contributed by atoms with Gasteiger partial charge < -0.3 is 4.74 Å². The molecule has 0 amide bonds. The highest BCUT2D eigenvalue weighted by Gasteiger charge is 2.40. The Morgan fingerprint density at radius 1 is 1.05 bits per heavy atom. The lowest BCUT2D eigenvalue weighted by Gasteiger charge is -2.16. The van der Waals surface area contributed by atoms with Gasteiger partial charge in [-0.15, -0.1) is 0 Å². The quantitative estimate of drug-likeness (QED) is 0.732. The third-order valence-corrected chi connectivity index (χ3v) is 4.09. The summed E-state index contributed by atoms with van der Waals surface area (Å²) in [5, 5.41) is 0. The van der Waals surface area contributed by atoms with Gasteiger partial charge in [0.15, 0.2) is 11.5 Å². The fourth-order valence-corrected chi connectivity index (χ4v) is 2.65. The smallest absolute Gasteiger partial charge is 0.228 e. The summed E-state index contributed by atoms with van der Waals surface area (Å²) in [7, 11) is 0.